The van der Waals surface area contributed by atoms with E-state index in [1.807, 2.05) is 13.8 Å². The zero-order valence-corrected chi connectivity index (χ0v) is 15.0. The van der Waals surface area contributed by atoms with Crippen LogP contribution < -0.4 is 0 Å². The fourth-order valence-electron chi connectivity index (χ4n) is 4.54. The minimum absolute atomic E-state index is 0.0695. The quantitative estimate of drug-likeness (QED) is 0.680. The van der Waals surface area contributed by atoms with Crippen LogP contribution in [0.2, 0.25) is 0 Å². The first-order valence-corrected chi connectivity index (χ1v) is 9.04. The summed E-state index contributed by atoms with van der Waals surface area (Å²) in [5.74, 6) is 1.31. The Morgan fingerprint density at radius 2 is 1.88 bits per heavy atom. The standard InChI is InChI=1S/C19H28N2O3/c1-12-17(19(23)24-3)13(2)20-18(12)16(22)11-21-9-8-14-6-4-5-7-15(14)10-21/h14-15,20H,4-11H2,1-3H3/t14-,15+/m0/s1. The van der Waals surface area contributed by atoms with E-state index in [4.69, 9.17) is 4.74 Å². The predicted molar refractivity (Wildman–Crippen MR) is 92.4 cm³/mol. The van der Waals surface area contributed by atoms with Crippen molar-refractivity contribution in [2.45, 2.75) is 46.0 Å². The molecule has 0 bridgehead atoms. The molecular formula is C19H28N2O3. The Labute approximate surface area is 143 Å². The molecule has 5 heteroatoms. The van der Waals surface area contributed by atoms with Crippen molar-refractivity contribution in [2.24, 2.45) is 11.8 Å². The number of hydrogen-bond acceptors (Lipinski definition) is 4. The number of ketones is 1. The summed E-state index contributed by atoms with van der Waals surface area (Å²) in [6.45, 7) is 6.11. The molecular weight excluding hydrogens is 304 g/mol. The van der Waals surface area contributed by atoms with Crippen molar-refractivity contribution in [3.8, 4) is 0 Å². The second kappa shape index (κ2) is 7.09. The number of rotatable bonds is 4. The first kappa shape index (κ1) is 17.2. The van der Waals surface area contributed by atoms with E-state index in [0.29, 0.717) is 29.1 Å². The number of carbonyl (C=O) groups is 2. The summed E-state index contributed by atoms with van der Waals surface area (Å²) in [5, 5.41) is 0. The molecule has 0 amide bonds. The Morgan fingerprint density at radius 3 is 2.58 bits per heavy atom. The van der Waals surface area contributed by atoms with E-state index in [1.54, 1.807) is 0 Å². The molecule has 2 aliphatic rings. The highest BCUT2D eigenvalue weighted by Crippen LogP contribution is 2.36. The molecule has 24 heavy (non-hydrogen) atoms. The summed E-state index contributed by atoms with van der Waals surface area (Å²) in [5.41, 5.74) is 2.45. The lowest BCUT2D eigenvalue weighted by Gasteiger charge is -2.41. The third kappa shape index (κ3) is 3.27. The first-order valence-electron chi connectivity index (χ1n) is 9.04. The van der Waals surface area contributed by atoms with E-state index >= 15 is 0 Å². The number of Topliss-reactive ketones (excluding diaryl/α,β-unsaturated/α-hetero) is 1. The lowest BCUT2D eigenvalue weighted by atomic mass is 9.75. The van der Waals surface area contributed by atoms with Gasteiger partial charge in [-0.3, -0.25) is 9.69 Å². The van der Waals surface area contributed by atoms with Crippen LogP contribution in [0.25, 0.3) is 0 Å². The van der Waals surface area contributed by atoms with Gasteiger partial charge >= 0.3 is 5.97 Å². The van der Waals surface area contributed by atoms with Crippen LogP contribution in [-0.4, -0.2) is 48.4 Å². The molecule has 1 saturated carbocycles. The number of nitrogens with zero attached hydrogens (tertiary/aromatic N) is 1. The highest BCUT2D eigenvalue weighted by Gasteiger charge is 2.32. The van der Waals surface area contributed by atoms with Crippen LogP contribution in [-0.2, 0) is 4.74 Å². The number of likely N-dealkylation sites (tertiary alicyclic amines) is 1. The normalized spacial score (nSPS) is 24.5. The highest BCUT2D eigenvalue weighted by molar-refractivity contribution is 6.02. The molecule has 1 aliphatic heterocycles. The van der Waals surface area contributed by atoms with Crippen molar-refractivity contribution in [1.29, 1.82) is 0 Å². The molecule has 1 N–H and O–H groups in total. The van der Waals surface area contributed by atoms with Gasteiger partial charge < -0.3 is 9.72 Å². The van der Waals surface area contributed by atoms with Gasteiger partial charge in [-0.25, -0.2) is 4.79 Å². The first-order chi connectivity index (χ1) is 11.5. The van der Waals surface area contributed by atoms with Crippen molar-refractivity contribution in [2.75, 3.05) is 26.7 Å². The number of carbonyl (C=O) groups excluding carboxylic acids is 2. The molecule has 2 fully saturated rings. The molecule has 0 unspecified atom stereocenters. The monoisotopic (exact) mass is 332 g/mol. The fourth-order valence-corrected chi connectivity index (χ4v) is 4.54. The maximum atomic E-state index is 12.7. The second-order valence-electron chi connectivity index (χ2n) is 7.37. The number of methoxy groups -OCH3 is 1. The average Bonchev–Trinajstić information content (AvgIpc) is 2.88. The number of aryl methyl sites for hydroxylation is 1. The Balaban J connectivity index is 1.68. The van der Waals surface area contributed by atoms with Crippen LogP contribution in [0.4, 0.5) is 0 Å². The van der Waals surface area contributed by atoms with Crippen LogP contribution in [0.5, 0.6) is 0 Å². The molecule has 1 saturated heterocycles. The van der Waals surface area contributed by atoms with Gasteiger partial charge in [0.15, 0.2) is 5.78 Å². The highest BCUT2D eigenvalue weighted by atomic mass is 16.5. The molecule has 0 spiro atoms. The van der Waals surface area contributed by atoms with E-state index in [2.05, 4.69) is 9.88 Å². The van der Waals surface area contributed by atoms with Gasteiger partial charge in [0.25, 0.3) is 0 Å². The number of fused-ring (bicyclic) bond motifs is 1. The molecule has 1 aromatic heterocycles. The van der Waals surface area contributed by atoms with Gasteiger partial charge in [0.1, 0.15) is 0 Å². The van der Waals surface area contributed by atoms with Crippen molar-refractivity contribution in [3.63, 3.8) is 0 Å². The number of aromatic nitrogens is 1. The van der Waals surface area contributed by atoms with Gasteiger partial charge in [0, 0.05) is 12.2 Å². The molecule has 2 atom stereocenters. The molecule has 5 nitrogen and oxygen atoms in total. The zero-order valence-electron chi connectivity index (χ0n) is 15.0. The van der Waals surface area contributed by atoms with Gasteiger partial charge in [-0.05, 0) is 50.6 Å². The predicted octanol–water partition coefficient (Wildman–Crippen LogP) is 3.11. The second-order valence-corrected chi connectivity index (χ2v) is 7.37. The van der Waals surface area contributed by atoms with Crippen LogP contribution >= 0.6 is 0 Å². The van der Waals surface area contributed by atoms with Gasteiger partial charge in [0.2, 0.25) is 0 Å². The molecule has 3 rings (SSSR count). The molecule has 1 aliphatic carbocycles. The Morgan fingerprint density at radius 1 is 1.17 bits per heavy atom. The van der Waals surface area contributed by atoms with Crippen LogP contribution in [0.3, 0.4) is 0 Å². The smallest absolute Gasteiger partial charge is 0.339 e. The summed E-state index contributed by atoms with van der Waals surface area (Å²) in [4.78, 5) is 30.0. The summed E-state index contributed by atoms with van der Waals surface area (Å²) < 4.78 is 4.82. The molecule has 132 valence electrons. The van der Waals surface area contributed by atoms with Gasteiger partial charge in [-0.2, -0.15) is 0 Å². The third-order valence-corrected chi connectivity index (χ3v) is 5.85. The van der Waals surface area contributed by atoms with Crippen molar-refractivity contribution in [1.82, 2.24) is 9.88 Å². The topological polar surface area (TPSA) is 62.4 Å². The number of H-pyrrole nitrogens is 1. The van der Waals surface area contributed by atoms with Gasteiger partial charge in [0.05, 0.1) is 24.9 Å². The van der Waals surface area contributed by atoms with Crippen LogP contribution in [0, 0.1) is 25.7 Å². The number of aromatic amines is 1. The molecule has 1 aromatic rings. The van der Waals surface area contributed by atoms with Crippen LogP contribution in [0.1, 0.15) is 64.2 Å². The van der Waals surface area contributed by atoms with E-state index in [-0.39, 0.29) is 11.8 Å². The largest absolute Gasteiger partial charge is 0.465 e. The lowest BCUT2D eigenvalue weighted by molar-refractivity contribution is 0.0599. The van der Waals surface area contributed by atoms with Crippen molar-refractivity contribution >= 4 is 11.8 Å². The summed E-state index contributed by atoms with van der Waals surface area (Å²) in [6.07, 6.45) is 6.60. The van der Waals surface area contributed by atoms with E-state index in [1.165, 1.54) is 39.2 Å². The fraction of sp³-hybridized carbons (Fsp3) is 0.684. The summed E-state index contributed by atoms with van der Waals surface area (Å²) in [7, 11) is 1.37. The SMILES string of the molecule is COC(=O)c1c(C)[nH]c(C(=O)CN2CC[C@@H]3CCCC[C@@H]3C2)c1C. The van der Waals surface area contributed by atoms with Crippen molar-refractivity contribution in [3.05, 3.63) is 22.5 Å². The number of nitrogens with one attached hydrogen (secondary N) is 1. The summed E-state index contributed by atoms with van der Waals surface area (Å²) in [6, 6.07) is 0. The van der Waals surface area contributed by atoms with E-state index in [0.717, 1.165) is 24.9 Å². The number of hydrogen-bond donors (Lipinski definition) is 1. The Bertz CT molecular complexity index is 635. The lowest BCUT2D eigenvalue weighted by Crippen LogP contribution is -2.44. The van der Waals surface area contributed by atoms with E-state index < -0.39 is 0 Å². The maximum absolute atomic E-state index is 12.7. The van der Waals surface area contributed by atoms with Crippen LogP contribution in [0.15, 0.2) is 0 Å². The molecule has 0 radical (unpaired) electrons. The number of piperidine rings is 1. The Hall–Kier alpha value is -1.62. The molecule has 0 aromatic carbocycles. The van der Waals surface area contributed by atoms with E-state index in [9.17, 15) is 9.59 Å². The maximum Gasteiger partial charge on any atom is 0.339 e. The Kier molecular flexibility index (Phi) is 5.09. The minimum Gasteiger partial charge on any atom is -0.465 e. The summed E-state index contributed by atoms with van der Waals surface area (Å²) >= 11 is 0. The van der Waals surface area contributed by atoms with Crippen molar-refractivity contribution < 1.29 is 14.3 Å². The number of esters is 1. The minimum atomic E-state index is -0.386. The van der Waals surface area contributed by atoms with Gasteiger partial charge in [-0.1, -0.05) is 19.3 Å². The molecule has 2 heterocycles. The zero-order chi connectivity index (χ0) is 17.3. The van der Waals surface area contributed by atoms with Gasteiger partial charge in [-0.15, -0.1) is 0 Å². The average molecular weight is 332 g/mol. The number of ether oxygens (including phenoxy) is 1. The third-order valence-electron chi connectivity index (χ3n) is 5.85.